The number of hydrogen-bond donors (Lipinski definition) is 1. The van der Waals surface area contributed by atoms with E-state index < -0.39 is 0 Å². The number of hydrogen-bond acceptors (Lipinski definition) is 7. The lowest BCUT2D eigenvalue weighted by Crippen LogP contribution is -2.34. The maximum absolute atomic E-state index is 11.3. The molecule has 0 saturated carbocycles. The van der Waals surface area contributed by atoms with Gasteiger partial charge in [0.05, 0.1) is 0 Å². The Morgan fingerprint density at radius 3 is 2.50 bits per heavy atom. The zero-order valence-corrected chi connectivity index (χ0v) is 14.6. The molecule has 0 radical (unpaired) electrons. The summed E-state index contributed by atoms with van der Waals surface area (Å²) in [6.07, 6.45) is 0. The van der Waals surface area contributed by atoms with Crippen molar-refractivity contribution in [1.29, 1.82) is 0 Å². The first-order chi connectivity index (χ1) is 11.5. The van der Waals surface area contributed by atoms with Crippen LogP contribution in [0.3, 0.4) is 0 Å². The van der Waals surface area contributed by atoms with Crippen molar-refractivity contribution >= 4 is 29.1 Å². The Labute approximate surface area is 145 Å². The van der Waals surface area contributed by atoms with Gasteiger partial charge < -0.3 is 15.4 Å². The molecule has 0 bridgehead atoms. The zero-order chi connectivity index (χ0) is 17.1. The van der Waals surface area contributed by atoms with E-state index in [4.69, 9.17) is 10.5 Å². The van der Waals surface area contributed by atoms with E-state index in [1.807, 2.05) is 18.7 Å². The molecular formula is C17H20N4O2S. The summed E-state index contributed by atoms with van der Waals surface area (Å²) in [7, 11) is 0. The number of thioether (sulfide) groups is 1. The first-order valence-corrected chi connectivity index (χ1v) is 8.95. The van der Waals surface area contributed by atoms with E-state index in [1.54, 1.807) is 24.3 Å². The van der Waals surface area contributed by atoms with Crippen molar-refractivity contribution in [3.05, 3.63) is 35.7 Å². The van der Waals surface area contributed by atoms with Crippen molar-refractivity contribution < 1.29 is 9.53 Å². The lowest BCUT2D eigenvalue weighted by atomic mass is 10.1. The molecule has 1 fully saturated rings. The highest BCUT2D eigenvalue weighted by molar-refractivity contribution is 7.99. The molecule has 2 heterocycles. The van der Waals surface area contributed by atoms with Gasteiger partial charge in [-0.2, -0.15) is 16.7 Å². The third kappa shape index (κ3) is 3.62. The van der Waals surface area contributed by atoms with Crippen LogP contribution in [0.1, 0.15) is 23.1 Å². The Kier molecular flexibility index (Phi) is 4.89. The average Bonchev–Trinajstić information content (AvgIpc) is 2.59. The van der Waals surface area contributed by atoms with Gasteiger partial charge in [0.1, 0.15) is 17.3 Å². The molecule has 126 valence electrons. The predicted molar refractivity (Wildman–Crippen MR) is 97.2 cm³/mol. The van der Waals surface area contributed by atoms with Gasteiger partial charge in [0, 0.05) is 30.2 Å². The van der Waals surface area contributed by atoms with Crippen molar-refractivity contribution in [3.8, 4) is 11.6 Å². The van der Waals surface area contributed by atoms with Crippen LogP contribution in [0.4, 0.5) is 11.5 Å². The molecular weight excluding hydrogens is 324 g/mol. The number of rotatable bonds is 4. The largest absolute Gasteiger partial charge is 0.437 e. The van der Waals surface area contributed by atoms with Crippen LogP contribution in [0, 0.1) is 6.92 Å². The number of ether oxygens (including phenoxy) is 1. The average molecular weight is 344 g/mol. The molecule has 1 aliphatic rings. The van der Waals surface area contributed by atoms with Crippen molar-refractivity contribution in [2.24, 2.45) is 0 Å². The molecule has 0 atom stereocenters. The van der Waals surface area contributed by atoms with Gasteiger partial charge in [-0.3, -0.25) is 4.79 Å². The second kappa shape index (κ2) is 7.09. The quantitative estimate of drug-likeness (QED) is 0.854. The number of carbonyl (C=O) groups is 1. The first-order valence-electron chi connectivity index (χ1n) is 7.80. The fourth-order valence-electron chi connectivity index (χ4n) is 2.50. The maximum Gasteiger partial charge on any atom is 0.248 e. The lowest BCUT2D eigenvalue weighted by Gasteiger charge is -2.28. The summed E-state index contributed by atoms with van der Waals surface area (Å²) in [6.45, 7) is 5.19. The summed E-state index contributed by atoms with van der Waals surface area (Å²) in [5, 5.41) is 0. The number of ketones is 1. The molecule has 0 spiro atoms. The molecule has 24 heavy (non-hydrogen) atoms. The molecule has 1 saturated heterocycles. The van der Waals surface area contributed by atoms with E-state index in [0.29, 0.717) is 28.7 Å². The fourth-order valence-corrected chi connectivity index (χ4v) is 3.41. The molecule has 1 aromatic carbocycles. The minimum Gasteiger partial charge on any atom is -0.437 e. The van der Waals surface area contributed by atoms with Gasteiger partial charge in [-0.1, -0.05) is 0 Å². The van der Waals surface area contributed by atoms with Gasteiger partial charge in [-0.25, -0.2) is 4.98 Å². The number of carbonyl (C=O) groups excluding carboxylic acids is 1. The van der Waals surface area contributed by atoms with Crippen LogP contribution in [-0.4, -0.2) is 40.3 Å². The SMILES string of the molecule is CC(=O)c1ccc(Oc2nc(C)nc(N3CCSCC3)c2N)cc1. The van der Waals surface area contributed by atoms with Gasteiger partial charge in [-0.15, -0.1) is 0 Å². The standard InChI is InChI=1S/C17H20N4O2S/c1-11(22)13-3-5-14(6-4-13)23-17-15(18)16(19-12(2)20-17)21-7-9-24-10-8-21/h3-6H,7-10,18H2,1-2H3. The molecule has 2 aromatic rings. The first kappa shape index (κ1) is 16.6. The molecule has 3 rings (SSSR count). The smallest absolute Gasteiger partial charge is 0.248 e. The van der Waals surface area contributed by atoms with Gasteiger partial charge in [0.25, 0.3) is 0 Å². The van der Waals surface area contributed by atoms with Crippen LogP contribution in [0.25, 0.3) is 0 Å². The molecule has 1 aliphatic heterocycles. The highest BCUT2D eigenvalue weighted by Crippen LogP contribution is 2.33. The van der Waals surface area contributed by atoms with Crippen LogP contribution in [-0.2, 0) is 0 Å². The van der Waals surface area contributed by atoms with Crippen LogP contribution < -0.4 is 15.4 Å². The summed E-state index contributed by atoms with van der Waals surface area (Å²) >= 11 is 1.93. The van der Waals surface area contributed by atoms with E-state index >= 15 is 0 Å². The minimum absolute atomic E-state index is 0.0178. The maximum atomic E-state index is 11.3. The monoisotopic (exact) mass is 344 g/mol. The van der Waals surface area contributed by atoms with Crippen LogP contribution in [0.15, 0.2) is 24.3 Å². The van der Waals surface area contributed by atoms with Gasteiger partial charge in [0.2, 0.25) is 5.88 Å². The summed E-state index contributed by atoms with van der Waals surface area (Å²) in [6, 6.07) is 6.94. The van der Waals surface area contributed by atoms with E-state index in [1.165, 1.54) is 6.92 Å². The van der Waals surface area contributed by atoms with Crippen molar-refractivity contribution in [2.75, 3.05) is 35.2 Å². The predicted octanol–water partition coefficient (Wildman–Crippen LogP) is 2.92. The molecule has 1 aromatic heterocycles. The molecule has 6 nitrogen and oxygen atoms in total. The summed E-state index contributed by atoms with van der Waals surface area (Å²) in [4.78, 5) is 22.3. The molecule has 0 amide bonds. The second-order valence-electron chi connectivity index (χ2n) is 5.60. The zero-order valence-electron chi connectivity index (χ0n) is 13.8. The Morgan fingerprint density at radius 1 is 1.21 bits per heavy atom. The normalized spacial score (nSPS) is 14.5. The fraction of sp³-hybridized carbons (Fsp3) is 0.353. The molecule has 0 aliphatic carbocycles. The number of aryl methyl sites for hydroxylation is 1. The lowest BCUT2D eigenvalue weighted by molar-refractivity contribution is 0.101. The summed E-state index contributed by atoms with van der Waals surface area (Å²) in [5.41, 5.74) is 7.34. The number of nitrogen functional groups attached to an aromatic ring is 1. The number of nitrogens with zero attached hydrogens (tertiary/aromatic N) is 3. The van der Waals surface area contributed by atoms with Gasteiger partial charge in [0.15, 0.2) is 11.6 Å². The number of anilines is 2. The van der Waals surface area contributed by atoms with Gasteiger partial charge >= 0.3 is 0 Å². The van der Waals surface area contributed by atoms with E-state index in [2.05, 4.69) is 14.9 Å². The second-order valence-corrected chi connectivity index (χ2v) is 6.82. The van der Waals surface area contributed by atoms with Crippen molar-refractivity contribution in [3.63, 3.8) is 0 Å². The van der Waals surface area contributed by atoms with Gasteiger partial charge in [-0.05, 0) is 38.1 Å². The Balaban J connectivity index is 1.87. The Bertz CT molecular complexity index is 743. The Morgan fingerprint density at radius 2 is 1.88 bits per heavy atom. The van der Waals surface area contributed by atoms with E-state index in [-0.39, 0.29) is 5.78 Å². The molecule has 2 N–H and O–H groups in total. The highest BCUT2D eigenvalue weighted by atomic mass is 32.2. The van der Waals surface area contributed by atoms with Crippen LogP contribution in [0.5, 0.6) is 11.6 Å². The third-order valence-electron chi connectivity index (χ3n) is 3.79. The van der Waals surface area contributed by atoms with Crippen molar-refractivity contribution in [2.45, 2.75) is 13.8 Å². The number of benzene rings is 1. The van der Waals surface area contributed by atoms with Crippen LogP contribution >= 0.6 is 11.8 Å². The molecule has 0 unspecified atom stereocenters. The van der Waals surface area contributed by atoms with Crippen molar-refractivity contribution in [1.82, 2.24) is 9.97 Å². The summed E-state index contributed by atoms with van der Waals surface area (Å²) in [5.74, 6) is 4.43. The minimum atomic E-state index is 0.0178. The number of nitrogens with two attached hydrogens (primary N) is 1. The number of aromatic nitrogens is 2. The third-order valence-corrected chi connectivity index (χ3v) is 4.73. The molecule has 7 heteroatoms. The summed E-state index contributed by atoms with van der Waals surface area (Å²) < 4.78 is 5.84. The number of Topliss-reactive ketones (excluding diaryl/α,β-unsaturated/α-hetero) is 1. The topological polar surface area (TPSA) is 81.3 Å². The van der Waals surface area contributed by atoms with E-state index in [0.717, 1.165) is 30.4 Å². The highest BCUT2D eigenvalue weighted by Gasteiger charge is 2.20. The van der Waals surface area contributed by atoms with E-state index in [9.17, 15) is 4.79 Å². The van der Waals surface area contributed by atoms with Crippen LogP contribution in [0.2, 0.25) is 0 Å². The Hall–Kier alpha value is -2.28.